The molecule has 0 amide bonds. The van der Waals surface area contributed by atoms with Crippen LogP contribution in [0.4, 0.5) is 0 Å². The first-order chi connectivity index (χ1) is 18.4. The van der Waals surface area contributed by atoms with Crippen molar-refractivity contribution < 1.29 is 17.8 Å². The van der Waals surface area contributed by atoms with Crippen molar-refractivity contribution in [3.05, 3.63) is 0 Å². The Morgan fingerprint density at radius 3 is 1.00 bits per heavy atom. The van der Waals surface area contributed by atoms with Crippen LogP contribution in [0.3, 0.4) is 0 Å². The van der Waals surface area contributed by atoms with Crippen LogP contribution in [0.25, 0.3) is 0 Å². The van der Waals surface area contributed by atoms with Gasteiger partial charge >= 0.3 is 8.80 Å². The van der Waals surface area contributed by atoms with Gasteiger partial charge in [0.1, 0.15) is 0 Å². The summed E-state index contributed by atoms with van der Waals surface area (Å²) in [6.07, 6.45) is 30.0. The third kappa shape index (κ3) is 23.9. The van der Waals surface area contributed by atoms with Crippen LogP contribution < -0.4 is 0 Å². The normalized spacial score (nSPS) is 12.5. The summed E-state index contributed by atoms with van der Waals surface area (Å²) in [5, 5.41) is 0. The van der Waals surface area contributed by atoms with Crippen LogP contribution in [0.2, 0.25) is 6.04 Å². The molecule has 0 unspecified atom stereocenters. The molecule has 0 saturated heterocycles. The van der Waals surface area contributed by atoms with E-state index in [1.807, 2.05) is 20.8 Å². The average Bonchev–Trinajstić information content (AvgIpc) is 2.88. The van der Waals surface area contributed by atoms with Crippen molar-refractivity contribution in [1.82, 2.24) is 0 Å². The summed E-state index contributed by atoms with van der Waals surface area (Å²) in [5.74, 6) is 0. The van der Waals surface area contributed by atoms with Gasteiger partial charge in [0.2, 0.25) is 0 Å². The van der Waals surface area contributed by atoms with E-state index >= 15 is 0 Å². The van der Waals surface area contributed by atoms with Gasteiger partial charge in [0.05, 0.1) is 27.2 Å². The SMILES string of the molecule is CCCCCCCCCCCCCCCCCCCCCC[N+](C)(C)CCC[Si](OCC)(OCC)OCC. The standard InChI is InChI=1S/C33H72NO3Si/c1-7-11-12-13-14-15-16-17-18-19-20-21-22-23-24-25-26-27-28-29-31-34(5,6)32-30-33-38(35-8-2,36-9-3)37-10-4/h7-33H2,1-6H3/q+1. The lowest BCUT2D eigenvalue weighted by molar-refractivity contribution is -0.890. The van der Waals surface area contributed by atoms with Gasteiger partial charge in [-0.2, -0.15) is 0 Å². The molecule has 0 aliphatic rings. The molecule has 0 heterocycles. The Balaban J connectivity index is 3.56. The maximum atomic E-state index is 6.02. The van der Waals surface area contributed by atoms with Crippen molar-refractivity contribution in [2.45, 2.75) is 169 Å². The van der Waals surface area contributed by atoms with Gasteiger partial charge in [0.15, 0.2) is 0 Å². The van der Waals surface area contributed by atoms with Crippen LogP contribution >= 0.6 is 0 Å². The summed E-state index contributed by atoms with van der Waals surface area (Å²) in [5.41, 5.74) is 0. The van der Waals surface area contributed by atoms with E-state index in [1.54, 1.807) is 0 Å². The number of hydrogen-bond donors (Lipinski definition) is 0. The Labute approximate surface area is 241 Å². The molecular weight excluding hydrogens is 486 g/mol. The van der Waals surface area contributed by atoms with E-state index < -0.39 is 8.80 Å². The molecule has 0 radical (unpaired) electrons. The second-order valence-corrected chi connectivity index (χ2v) is 14.9. The summed E-state index contributed by atoms with van der Waals surface area (Å²) in [6.45, 7) is 12.9. The van der Waals surface area contributed by atoms with E-state index in [1.165, 1.54) is 142 Å². The lowest BCUT2D eigenvalue weighted by Gasteiger charge is -2.32. The molecule has 0 bridgehead atoms. The molecule has 4 nitrogen and oxygen atoms in total. The fourth-order valence-electron chi connectivity index (χ4n) is 5.63. The fraction of sp³-hybridized carbons (Fsp3) is 1.00. The predicted octanol–water partition coefficient (Wildman–Crippen LogP) is 10.3. The number of rotatable bonds is 31. The van der Waals surface area contributed by atoms with Crippen LogP contribution in [0.15, 0.2) is 0 Å². The average molecular weight is 559 g/mol. The van der Waals surface area contributed by atoms with Crippen molar-refractivity contribution in [2.24, 2.45) is 0 Å². The number of nitrogens with zero attached hydrogens (tertiary/aromatic N) is 1. The van der Waals surface area contributed by atoms with Gasteiger partial charge in [-0.15, -0.1) is 0 Å². The molecule has 0 aliphatic carbocycles. The van der Waals surface area contributed by atoms with E-state index in [0.29, 0.717) is 19.8 Å². The zero-order chi connectivity index (χ0) is 28.2. The topological polar surface area (TPSA) is 27.7 Å². The number of hydrogen-bond acceptors (Lipinski definition) is 3. The minimum Gasteiger partial charge on any atom is -0.374 e. The van der Waals surface area contributed by atoms with Crippen molar-refractivity contribution in [3.8, 4) is 0 Å². The van der Waals surface area contributed by atoms with E-state index in [0.717, 1.165) is 16.9 Å². The van der Waals surface area contributed by atoms with Crippen molar-refractivity contribution in [1.29, 1.82) is 0 Å². The van der Waals surface area contributed by atoms with Gasteiger partial charge in [-0.05, 0) is 33.6 Å². The van der Waals surface area contributed by atoms with E-state index in [-0.39, 0.29) is 0 Å². The highest BCUT2D eigenvalue weighted by Gasteiger charge is 2.40. The van der Waals surface area contributed by atoms with E-state index in [4.69, 9.17) is 13.3 Å². The lowest BCUT2D eigenvalue weighted by Crippen LogP contribution is -2.48. The quantitative estimate of drug-likeness (QED) is 0.0481. The third-order valence-corrected chi connectivity index (χ3v) is 11.1. The monoisotopic (exact) mass is 559 g/mol. The minimum absolute atomic E-state index is 0.671. The van der Waals surface area contributed by atoms with Gasteiger partial charge in [-0.1, -0.05) is 122 Å². The molecule has 38 heavy (non-hydrogen) atoms. The van der Waals surface area contributed by atoms with Crippen LogP contribution in [-0.2, 0) is 13.3 Å². The maximum Gasteiger partial charge on any atom is 0.501 e. The smallest absolute Gasteiger partial charge is 0.374 e. The zero-order valence-electron chi connectivity index (χ0n) is 27.3. The van der Waals surface area contributed by atoms with Gasteiger partial charge < -0.3 is 17.8 Å². The Kier molecular flexibility index (Phi) is 27.3. The molecule has 0 N–H and O–H groups in total. The Morgan fingerprint density at radius 2 is 0.684 bits per heavy atom. The van der Waals surface area contributed by atoms with Gasteiger partial charge in [-0.3, -0.25) is 0 Å². The molecule has 0 aromatic rings. The fourth-order valence-corrected chi connectivity index (χ4v) is 8.23. The van der Waals surface area contributed by atoms with Crippen LogP contribution in [-0.4, -0.2) is 60.3 Å². The summed E-state index contributed by atoms with van der Waals surface area (Å²) in [4.78, 5) is 0. The molecule has 0 aromatic heterocycles. The van der Waals surface area contributed by atoms with Gasteiger partial charge in [0, 0.05) is 32.3 Å². The van der Waals surface area contributed by atoms with Gasteiger partial charge in [-0.25, -0.2) is 0 Å². The Hall–Kier alpha value is 0.0569. The third-order valence-electron chi connectivity index (χ3n) is 7.96. The second kappa shape index (κ2) is 27.2. The van der Waals surface area contributed by atoms with Crippen LogP contribution in [0.1, 0.15) is 163 Å². The molecule has 0 atom stereocenters. The van der Waals surface area contributed by atoms with E-state index in [9.17, 15) is 0 Å². The molecule has 0 aromatic carbocycles. The summed E-state index contributed by atoms with van der Waals surface area (Å²) in [6, 6.07) is 0.934. The second-order valence-electron chi connectivity index (χ2n) is 12.2. The highest BCUT2D eigenvalue weighted by atomic mass is 28.4. The first kappa shape index (κ1) is 38.1. The minimum atomic E-state index is -2.49. The summed E-state index contributed by atoms with van der Waals surface area (Å²) >= 11 is 0. The number of quaternary nitrogens is 1. The first-order valence-electron chi connectivity index (χ1n) is 17.2. The van der Waals surface area contributed by atoms with Gasteiger partial charge in [0.25, 0.3) is 0 Å². The molecule has 0 spiro atoms. The van der Waals surface area contributed by atoms with E-state index in [2.05, 4.69) is 21.0 Å². The largest absolute Gasteiger partial charge is 0.501 e. The Bertz CT molecular complexity index is 458. The first-order valence-corrected chi connectivity index (χ1v) is 19.1. The molecular formula is C33H72NO3Si+. The summed E-state index contributed by atoms with van der Waals surface area (Å²) < 4.78 is 19.1. The van der Waals surface area contributed by atoms with Crippen LogP contribution in [0.5, 0.6) is 0 Å². The van der Waals surface area contributed by atoms with Crippen molar-refractivity contribution in [2.75, 3.05) is 47.0 Å². The molecule has 0 aliphatic heterocycles. The molecule has 0 rings (SSSR count). The molecule has 0 fully saturated rings. The molecule has 5 heteroatoms. The van der Waals surface area contributed by atoms with Crippen molar-refractivity contribution in [3.63, 3.8) is 0 Å². The van der Waals surface area contributed by atoms with Crippen LogP contribution in [0, 0.1) is 0 Å². The Morgan fingerprint density at radius 1 is 0.395 bits per heavy atom. The highest BCUT2D eigenvalue weighted by Crippen LogP contribution is 2.20. The molecule has 0 saturated carbocycles. The van der Waals surface area contributed by atoms with Crippen molar-refractivity contribution >= 4 is 8.80 Å². The number of unbranched alkanes of at least 4 members (excludes halogenated alkanes) is 19. The summed E-state index contributed by atoms with van der Waals surface area (Å²) in [7, 11) is 2.27. The zero-order valence-corrected chi connectivity index (χ0v) is 28.3. The predicted molar refractivity (Wildman–Crippen MR) is 170 cm³/mol. The maximum absolute atomic E-state index is 6.02. The molecule has 230 valence electrons. The lowest BCUT2D eigenvalue weighted by atomic mass is 10.0. The highest BCUT2D eigenvalue weighted by molar-refractivity contribution is 6.60.